The van der Waals surface area contributed by atoms with Gasteiger partial charge in [0.15, 0.2) is 0 Å². The van der Waals surface area contributed by atoms with Crippen LogP contribution in [0.25, 0.3) is 0 Å². The molecule has 0 saturated heterocycles. The Labute approximate surface area is 96.9 Å². The predicted molar refractivity (Wildman–Crippen MR) is 59.6 cm³/mol. The van der Waals surface area contributed by atoms with Gasteiger partial charge in [-0.2, -0.15) is 8.75 Å². The summed E-state index contributed by atoms with van der Waals surface area (Å²) in [4.78, 5) is 3.73. The quantitative estimate of drug-likeness (QED) is 0.882. The minimum atomic E-state index is -0.332. The van der Waals surface area contributed by atoms with Gasteiger partial charge in [-0.15, -0.1) is 0 Å². The molecule has 6 heteroatoms. The van der Waals surface area contributed by atoms with Crippen molar-refractivity contribution >= 4 is 11.7 Å². The van der Waals surface area contributed by atoms with Crippen LogP contribution in [0.4, 0.5) is 4.39 Å². The second-order valence-electron chi connectivity index (χ2n) is 3.22. The molecule has 2 rings (SSSR count). The summed E-state index contributed by atoms with van der Waals surface area (Å²) in [6.07, 6.45) is 4.43. The normalized spacial score (nSPS) is 12.6. The molecule has 0 fully saturated rings. The first-order valence-electron chi connectivity index (χ1n) is 4.93. The van der Waals surface area contributed by atoms with Crippen LogP contribution in [0.5, 0.6) is 0 Å². The maximum absolute atomic E-state index is 13.6. The van der Waals surface area contributed by atoms with Crippen molar-refractivity contribution < 1.29 is 4.39 Å². The molecule has 0 amide bonds. The fraction of sp³-hybridized carbons (Fsp3) is 0.300. The summed E-state index contributed by atoms with van der Waals surface area (Å²) in [7, 11) is 0. The molecule has 0 saturated carbocycles. The Morgan fingerprint density at radius 3 is 3.00 bits per heavy atom. The van der Waals surface area contributed by atoms with Crippen molar-refractivity contribution in [2.75, 3.05) is 6.54 Å². The summed E-state index contributed by atoms with van der Waals surface area (Å²) in [5.74, 6) is -0.332. The molecule has 0 radical (unpaired) electrons. The van der Waals surface area contributed by atoms with Gasteiger partial charge in [-0.05, 0) is 12.6 Å². The number of halogens is 1. The lowest BCUT2D eigenvalue weighted by Crippen LogP contribution is -2.23. The van der Waals surface area contributed by atoms with E-state index in [1.165, 1.54) is 6.20 Å². The maximum Gasteiger partial charge on any atom is 0.146 e. The SMILES string of the molecule is CCNC(c1cnsn1)c1ccncc1F. The van der Waals surface area contributed by atoms with Gasteiger partial charge in [-0.3, -0.25) is 4.98 Å². The van der Waals surface area contributed by atoms with Crippen molar-refractivity contribution in [2.45, 2.75) is 13.0 Å². The van der Waals surface area contributed by atoms with Gasteiger partial charge in [-0.25, -0.2) is 4.39 Å². The van der Waals surface area contributed by atoms with Gasteiger partial charge < -0.3 is 5.32 Å². The van der Waals surface area contributed by atoms with Gasteiger partial charge in [-0.1, -0.05) is 6.92 Å². The van der Waals surface area contributed by atoms with Crippen LogP contribution in [0.15, 0.2) is 24.7 Å². The molecule has 1 N–H and O–H groups in total. The topological polar surface area (TPSA) is 50.7 Å². The Kier molecular flexibility index (Phi) is 3.53. The first-order valence-corrected chi connectivity index (χ1v) is 5.66. The largest absolute Gasteiger partial charge is 0.305 e. The van der Waals surface area contributed by atoms with Crippen LogP contribution in [-0.4, -0.2) is 20.3 Å². The summed E-state index contributed by atoms with van der Waals surface area (Å²) in [5.41, 5.74) is 1.28. The molecule has 2 heterocycles. The number of nitrogens with one attached hydrogen (secondary N) is 1. The Balaban J connectivity index is 2.37. The van der Waals surface area contributed by atoms with E-state index in [0.29, 0.717) is 5.56 Å². The van der Waals surface area contributed by atoms with E-state index < -0.39 is 0 Å². The van der Waals surface area contributed by atoms with Crippen LogP contribution in [0.3, 0.4) is 0 Å². The number of aromatic nitrogens is 3. The third kappa shape index (κ3) is 2.23. The number of rotatable bonds is 4. The molecule has 0 aromatic carbocycles. The standard InChI is InChI=1S/C10H11FN4S/c1-2-13-10(9-6-14-16-15-9)7-3-4-12-5-8(7)11/h3-6,10,13H,2H2,1H3. The smallest absolute Gasteiger partial charge is 0.146 e. The average molecular weight is 238 g/mol. The molecule has 4 nitrogen and oxygen atoms in total. The molecule has 2 aromatic rings. The van der Waals surface area contributed by atoms with Crippen LogP contribution in [0, 0.1) is 5.82 Å². The summed E-state index contributed by atoms with van der Waals surface area (Å²) in [5, 5.41) is 3.18. The van der Waals surface area contributed by atoms with Crippen molar-refractivity contribution in [3.63, 3.8) is 0 Å². The highest BCUT2D eigenvalue weighted by Crippen LogP contribution is 2.22. The molecule has 0 aliphatic heterocycles. The maximum atomic E-state index is 13.6. The Hall–Kier alpha value is -1.40. The minimum absolute atomic E-state index is 0.258. The second kappa shape index (κ2) is 5.09. The molecule has 16 heavy (non-hydrogen) atoms. The van der Waals surface area contributed by atoms with Crippen molar-refractivity contribution in [1.29, 1.82) is 0 Å². The molecule has 2 aromatic heterocycles. The summed E-state index contributed by atoms with van der Waals surface area (Å²) in [6, 6.07) is 1.40. The summed E-state index contributed by atoms with van der Waals surface area (Å²) >= 11 is 1.12. The van der Waals surface area contributed by atoms with Gasteiger partial charge in [0.25, 0.3) is 0 Å². The first kappa shape index (κ1) is 11.1. The molecule has 0 spiro atoms. The molecule has 1 unspecified atom stereocenters. The lowest BCUT2D eigenvalue weighted by atomic mass is 10.1. The number of nitrogens with zero attached hydrogens (tertiary/aromatic N) is 3. The highest BCUT2D eigenvalue weighted by molar-refractivity contribution is 6.99. The van der Waals surface area contributed by atoms with Crippen LogP contribution < -0.4 is 5.32 Å². The van der Waals surface area contributed by atoms with E-state index >= 15 is 0 Å². The molecule has 0 aliphatic rings. The molecule has 0 aliphatic carbocycles. The zero-order valence-electron chi connectivity index (χ0n) is 8.72. The second-order valence-corrected chi connectivity index (χ2v) is 3.78. The Morgan fingerprint density at radius 2 is 2.38 bits per heavy atom. The lowest BCUT2D eigenvalue weighted by Gasteiger charge is -2.15. The van der Waals surface area contributed by atoms with Crippen LogP contribution in [0.2, 0.25) is 0 Å². The monoisotopic (exact) mass is 238 g/mol. The van der Waals surface area contributed by atoms with E-state index in [1.807, 2.05) is 6.92 Å². The highest BCUT2D eigenvalue weighted by atomic mass is 32.1. The zero-order chi connectivity index (χ0) is 11.4. The minimum Gasteiger partial charge on any atom is -0.305 e. The fourth-order valence-electron chi connectivity index (χ4n) is 1.50. The molecule has 0 bridgehead atoms. The molecule has 84 valence electrons. The summed E-state index contributed by atoms with van der Waals surface area (Å²) in [6.45, 7) is 2.69. The van der Waals surface area contributed by atoms with Crippen LogP contribution in [-0.2, 0) is 0 Å². The zero-order valence-corrected chi connectivity index (χ0v) is 9.54. The molecule has 1 atom stereocenters. The van der Waals surface area contributed by atoms with E-state index in [4.69, 9.17) is 0 Å². The Morgan fingerprint density at radius 1 is 1.50 bits per heavy atom. The molecular weight excluding hydrogens is 227 g/mol. The predicted octanol–water partition coefficient (Wildman–Crippen LogP) is 1.77. The number of hydrogen-bond donors (Lipinski definition) is 1. The fourth-order valence-corrected chi connectivity index (χ4v) is 1.95. The van der Waals surface area contributed by atoms with Crippen molar-refractivity contribution in [2.24, 2.45) is 0 Å². The lowest BCUT2D eigenvalue weighted by molar-refractivity contribution is 0.550. The van der Waals surface area contributed by atoms with Crippen molar-refractivity contribution in [1.82, 2.24) is 19.0 Å². The van der Waals surface area contributed by atoms with E-state index in [0.717, 1.165) is 24.0 Å². The number of pyridine rings is 1. The average Bonchev–Trinajstić information content (AvgIpc) is 2.80. The third-order valence-electron chi connectivity index (χ3n) is 2.20. The molecular formula is C10H11FN4S. The van der Waals surface area contributed by atoms with Gasteiger partial charge in [0.1, 0.15) is 5.82 Å². The third-order valence-corrected chi connectivity index (χ3v) is 2.69. The van der Waals surface area contributed by atoms with E-state index in [2.05, 4.69) is 19.0 Å². The van der Waals surface area contributed by atoms with E-state index in [-0.39, 0.29) is 11.9 Å². The van der Waals surface area contributed by atoms with Gasteiger partial charge >= 0.3 is 0 Å². The van der Waals surface area contributed by atoms with Gasteiger partial charge in [0, 0.05) is 11.8 Å². The van der Waals surface area contributed by atoms with Crippen molar-refractivity contribution in [3.05, 3.63) is 41.7 Å². The summed E-state index contributed by atoms with van der Waals surface area (Å²) < 4.78 is 21.7. The highest BCUT2D eigenvalue weighted by Gasteiger charge is 2.18. The number of hydrogen-bond acceptors (Lipinski definition) is 5. The first-order chi connectivity index (χ1) is 7.83. The van der Waals surface area contributed by atoms with Crippen LogP contribution in [0.1, 0.15) is 24.2 Å². The van der Waals surface area contributed by atoms with Crippen molar-refractivity contribution in [3.8, 4) is 0 Å². The van der Waals surface area contributed by atoms with Crippen LogP contribution >= 0.6 is 11.7 Å². The van der Waals surface area contributed by atoms with E-state index in [9.17, 15) is 4.39 Å². The van der Waals surface area contributed by atoms with Gasteiger partial charge in [0.05, 0.1) is 35.9 Å². The Bertz CT molecular complexity index is 446. The van der Waals surface area contributed by atoms with E-state index in [1.54, 1.807) is 18.5 Å². The van der Waals surface area contributed by atoms with Gasteiger partial charge in [0.2, 0.25) is 0 Å².